The summed E-state index contributed by atoms with van der Waals surface area (Å²) in [5, 5.41) is 0. The number of nitrogens with zero attached hydrogens (tertiary/aromatic N) is 1. The second-order valence-electron chi connectivity index (χ2n) is 3.39. The number of benzene rings is 1. The zero-order valence-corrected chi connectivity index (χ0v) is 8.37. The number of rotatable bonds is 1. The summed E-state index contributed by atoms with van der Waals surface area (Å²) >= 11 is 0. The first kappa shape index (κ1) is 9.65. The Balaban J connectivity index is 2.49. The van der Waals surface area contributed by atoms with Crippen LogP contribution in [0.4, 0.5) is 10.2 Å². The number of hydrogen-bond acceptors (Lipinski definition) is 2. The highest BCUT2D eigenvalue weighted by molar-refractivity contribution is 5.73. The van der Waals surface area contributed by atoms with E-state index in [4.69, 9.17) is 5.73 Å². The van der Waals surface area contributed by atoms with Gasteiger partial charge < -0.3 is 5.73 Å². The van der Waals surface area contributed by atoms with Crippen LogP contribution >= 0.6 is 0 Å². The molecular formula is C12H11FN2. The Bertz CT molecular complexity index is 477. The Morgan fingerprint density at radius 2 is 1.73 bits per heavy atom. The molecule has 1 heterocycles. The Labute approximate surface area is 87.6 Å². The molecule has 0 saturated heterocycles. The fraction of sp³-hybridized carbons (Fsp3) is 0.0833. The standard InChI is InChI=1S/C12H11FN2/c1-8-2-7-11(12(14)15-8)9-3-5-10(13)6-4-9/h2-7H,1H3,(H2,14,15). The van der Waals surface area contributed by atoms with E-state index in [1.165, 1.54) is 12.1 Å². The number of pyridine rings is 1. The molecule has 0 aliphatic heterocycles. The summed E-state index contributed by atoms with van der Waals surface area (Å²) in [5.74, 6) is 0.221. The first-order valence-electron chi connectivity index (χ1n) is 4.66. The molecule has 0 radical (unpaired) electrons. The summed E-state index contributed by atoms with van der Waals surface area (Å²) in [4.78, 5) is 4.16. The summed E-state index contributed by atoms with van der Waals surface area (Å²) < 4.78 is 12.7. The molecule has 0 fully saturated rings. The third kappa shape index (κ3) is 1.96. The van der Waals surface area contributed by atoms with Crippen molar-refractivity contribution in [3.8, 4) is 11.1 Å². The number of nitrogens with two attached hydrogens (primary N) is 1. The Morgan fingerprint density at radius 3 is 2.33 bits per heavy atom. The smallest absolute Gasteiger partial charge is 0.131 e. The van der Waals surface area contributed by atoms with Gasteiger partial charge in [-0.25, -0.2) is 9.37 Å². The number of aromatic nitrogens is 1. The Kier molecular flexibility index (Phi) is 2.37. The Morgan fingerprint density at radius 1 is 1.07 bits per heavy atom. The van der Waals surface area contributed by atoms with Crippen molar-refractivity contribution in [3.63, 3.8) is 0 Å². The average Bonchev–Trinajstić information content (AvgIpc) is 2.20. The molecular weight excluding hydrogens is 191 g/mol. The van der Waals surface area contributed by atoms with Crippen molar-refractivity contribution in [2.45, 2.75) is 6.92 Å². The van der Waals surface area contributed by atoms with Gasteiger partial charge in [0.15, 0.2) is 0 Å². The van der Waals surface area contributed by atoms with Gasteiger partial charge >= 0.3 is 0 Å². The number of hydrogen-bond donors (Lipinski definition) is 1. The van der Waals surface area contributed by atoms with Crippen LogP contribution in [0.1, 0.15) is 5.69 Å². The van der Waals surface area contributed by atoms with Gasteiger partial charge in [-0.2, -0.15) is 0 Å². The van der Waals surface area contributed by atoms with Gasteiger partial charge in [0.1, 0.15) is 11.6 Å². The van der Waals surface area contributed by atoms with Crippen molar-refractivity contribution in [3.05, 3.63) is 47.9 Å². The molecule has 2 rings (SSSR count). The zero-order chi connectivity index (χ0) is 10.8. The highest BCUT2D eigenvalue weighted by Gasteiger charge is 2.03. The van der Waals surface area contributed by atoms with Crippen LogP contribution < -0.4 is 5.73 Å². The number of nitrogen functional groups attached to an aromatic ring is 1. The maximum atomic E-state index is 12.7. The van der Waals surface area contributed by atoms with Crippen LogP contribution in [0.3, 0.4) is 0 Å². The molecule has 1 aromatic heterocycles. The average molecular weight is 202 g/mol. The summed E-state index contributed by atoms with van der Waals surface area (Å²) in [7, 11) is 0. The van der Waals surface area contributed by atoms with Gasteiger partial charge in [0, 0.05) is 11.3 Å². The van der Waals surface area contributed by atoms with Crippen molar-refractivity contribution in [2.24, 2.45) is 0 Å². The van der Waals surface area contributed by atoms with Gasteiger partial charge in [0.2, 0.25) is 0 Å². The molecule has 3 heteroatoms. The van der Waals surface area contributed by atoms with E-state index in [0.717, 1.165) is 16.8 Å². The molecule has 0 aliphatic carbocycles. The predicted molar refractivity (Wildman–Crippen MR) is 58.8 cm³/mol. The van der Waals surface area contributed by atoms with Crippen LogP contribution in [0.5, 0.6) is 0 Å². The molecule has 2 nitrogen and oxygen atoms in total. The summed E-state index contributed by atoms with van der Waals surface area (Å²) in [6.07, 6.45) is 0. The molecule has 0 amide bonds. The monoisotopic (exact) mass is 202 g/mol. The lowest BCUT2D eigenvalue weighted by atomic mass is 10.1. The van der Waals surface area contributed by atoms with Gasteiger partial charge in [-0.1, -0.05) is 12.1 Å². The van der Waals surface area contributed by atoms with E-state index in [1.807, 2.05) is 19.1 Å². The quantitative estimate of drug-likeness (QED) is 0.772. The van der Waals surface area contributed by atoms with E-state index in [9.17, 15) is 4.39 Å². The molecule has 76 valence electrons. The Hall–Kier alpha value is -1.90. The maximum absolute atomic E-state index is 12.7. The van der Waals surface area contributed by atoms with Gasteiger partial charge in [-0.15, -0.1) is 0 Å². The first-order valence-corrected chi connectivity index (χ1v) is 4.66. The van der Waals surface area contributed by atoms with E-state index in [1.54, 1.807) is 12.1 Å². The maximum Gasteiger partial charge on any atom is 0.131 e. The third-order valence-electron chi connectivity index (χ3n) is 2.22. The minimum absolute atomic E-state index is 0.252. The molecule has 0 unspecified atom stereocenters. The molecule has 0 spiro atoms. The third-order valence-corrected chi connectivity index (χ3v) is 2.22. The van der Waals surface area contributed by atoms with E-state index in [-0.39, 0.29) is 5.82 Å². The summed E-state index contributed by atoms with van der Waals surface area (Å²) in [5.41, 5.74) is 8.37. The van der Waals surface area contributed by atoms with Crippen molar-refractivity contribution in [1.82, 2.24) is 4.98 Å². The number of halogens is 1. The first-order chi connectivity index (χ1) is 7.16. The normalized spacial score (nSPS) is 10.3. The molecule has 0 atom stereocenters. The van der Waals surface area contributed by atoms with E-state index >= 15 is 0 Å². The van der Waals surface area contributed by atoms with Gasteiger partial charge in [0.25, 0.3) is 0 Å². The summed E-state index contributed by atoms with van der Waals surface area (Å²) in [6.45, 7) is 1.88. The van der Waals surface area contributed by atoms with Crippen molar-refractivity contribution in [1.29, 1.82) is 0 Å². The second-order valence-corrected chi connectivity index (χ2v) is 3.39. The van der Waals surface area contributed by atoms with E-state index in [2.05, 4.69) is 4.98 Å². The van der Waals surface area contributed by atoms with Crippen molar-refractivity contribution < 1.29 is 4.39 Å². The van der Waals surface area contributed by atoms with Gasteiger partial charge in [0.05, 0.1) is 0 Å². The summed E-state index contributed by atoms with van der Waals surface area (Å²) in [6, 6.07) is 9.99. The van der Waals surface area contributed by atoms with Crippen LogP contribution in [-0.4, -0.2) is 4.98 Å². The largest absolute Gasteiger partial charge is 0.383 e. The SMILES string of the molecule is Cc1ccc(-c2ccc(F)cc2)c(N)n1. The van der Waals surface area contributed by atoms with E-state index in [0.29, 0.717) is 5.82 Å². The minimum Gasteiger partial charge on any atom is -0.383 e. The second kappa shape index (κ2) is 3.69. The van der Waals surface area contributed by atoms with Gasteiger partial charge in [-0.05, 0) is 36.8 Å². The van der Waals surface area contributed by atoms with Crippen molar-refractivity contribution in [2.75, 3.05) is 5.73 Å². The van der Waals surface area contributed by atoms with Crippen LogP contribution in [0, 0.1) is 12.7 Å². The minimum atomic E-state index is -0.252. The van der Waals surface area contributed by atoms with Crippen LogP contribution in [0.2, 0.25) is 0 Å². The van der Waals surface area contributed by atoms with E-state index < -0.39 is 0 Å². The lowest BCUT2D eigenvalue weighted by molar-refractivity contribution is 0.628. The topological polar surface area (TPSA) is 38.9 Å². The molecule has 2 aromatic rings. The highest BCUT2D eigenvalue weighted by atomic mass is 19.1. The molecule has 0 saturated carbocycles. The number of anilines is 1. The molecule has 2 N–H and O–H groups in total. The highest BCUT2D eigenvalue weighted by Crippen LogP contribution is 2.24. The van der Waals surface area contributed by atoms with Crippen molar-refractivity contribution >= 4 is 5.82 Å². The van der Waals surface area contributed by atoms with Crippen LogP contribution in [-0.2, 0) is 0 Å². The zero-order valence-electron chi connectivity index (χ0n) is 8.37. The fourth-order valence-corrected chi connectivity index (χ4v) is 1.45. The van der Waals surface area contributed by atoms with Crippen LogP contribution in [0.15, 0.2) is 36.4 Å². The molecule has 0 aliphatic rings. The predicted octanol–water partition coefficient (Wildman–Crippen LogP) is 2.78. The van der Waals surface area contributed by atoms with Gasteiger partial charge in [-0.3, -0.25) is 0 Å². The molecule has 0 bridgehead atoms. The van der Waals surface area contributed by atoms with Crippen LogP contribution in [0.25, 0.3) is 11.1 Å². The lowest BCUT2D eigenvalue weighted by Gasteiger charge is -2.05. The molecule has 15 heavy (non-hydrogen) atoms. The fourth-order valence-electron chi connectivity index (χ4n) is 1.45. The number of aryl methyl sites for hydroxylation is 1. The molecule has 1 aromatic carbocycles. The lowest BCUT2D eigenvalue weighted by Crippen LogP contribution is -1.95.